The second-order valence-corrected chi connectivity index (χ2v) is 6.90. The number of hydrogen-bond donors (Lipinski definition) is 2. The van der Waals surface area contributed by atoms with E-state index in [2.05, 4.69) is 10.6 Å². The smallest absolute Gasteiger partial charge is 0.333 e. The monoisotopic (exact) mass is 446 g/mol. The van der Waals surface area contributed by atoms with Gasteiger partial charge in [0.1, 0.15) is 5.75 Å². The Morgan fingerprint density at radius 2 is 1.33 bits per heavy atom. The standard InChI is InChI=1S/C25H22N2O6/c1-32-20-14-12-19(13-15-20)23(29)26-21(28)16-33-25(31)22(17-8-4-2-5-9-17)27-24(30)18-10-6-3-7-11-18/h2-15,22H,16H2,1H3,(H,27,30)(H,26,28,29). The lowest BCUT2D eigenvalue weighted by atomic mass is 10.1. The Labute approximate surface area is 190 Å². The molecule has 8 heteroatoms. The van der Waals surface area contributed by atoms with Crippen LogP contribution in [-0.2, 0) is 14.3 Å². The zero-order valence-corrected chi connectivity index (χ0v) is 17.8. The minimum Gasteiger partial charge on any atom is -0.497 e. The van der Waals surface area contributed by atoms with Crippen molar-refractivity contribution in [1.82, 2.24) is 10.6 Å². The van der Waals surface area contributed by atoms with Crippen molar-refractivity contribution in [1.29, 1.82) is 0 Å². The predicted molar refractivity (Wildman–Crippen MR) is 120 cm³/mol. The zero-order chi connectivity index (χ0) is 23.6. The van der Waals surface area contributed by atoms with Crippen molar-refractivity contribution in [2.75, 3.05) is 13.7 Å². The molecule has 3 aromatic rings. The van der Waals surface area contributed by atoms with Gasteiger partial charge in [0.2, 0.25) is 0 Å². The number of carbonyl (C=O) groups is 4. The van der Waals surface area contributed by atoms with Crippen molar-refractivity contribution in [3.63, 3.8) is 0 Å². The van der Waals surface area contributed by atoms with E-state index in [1.807, 2.05) is 0 Å². The first kappa shape index (κ1) is 23.2. The van der Waals surface area contributed by atoms with Gasteiger partial charge in [0.05, 0.1) is 7.11 Å². The first-order valence-electron chi connectivity index (χ1n) is 10.0. The number of carbonyl (C=O) groups excluding carboxylic acids is 4. The maximum absolute atomic E-state index is 12.7. The Kier molecular flexibility index (Phi) is 7.91. The Morgan fingerprint density at radius 1 is 0.758 bits per heavy atom. The molecule has 0 aromatic heterocycles. The molecule has 3 aromatic carbocycles. The lowest BCUT2D eigenvalue weighted by molar-refractivity contribution is -0.150. The third-order valence-corrected chi connectivity index (χ3v) is 4.63. The number of esters is 1. The minimum atomic E-state index is -1.14. The summed E-state index contributed by atoms with van der Waals surface area (Å²) in [6.45, 7) is -0.689. The van der Waals surface area contributed by atoms with Gasteiger partial charge in [-0.3, -0.25) is 19.7 Å². The Hall–Kier alpha value is -4.46. The molecule has 2 N–H and O–H groups in total. The summed E-state index contributed by atoms with van der Waals surface area (Å²) in [6, 6.07) is 21.9. The highest BCUT2D eigenvalue weighted by Crippen LogP contribution is 2.16. The van der Waals surface area contributed by atoms with Crippen molar-refractivity contribution < 1.29 is 28.7 Å². The van der Waals surface area contributed by atoms with Gasteiger partial charge >= 0.3 is 5.97 Å². The number of methoxy groups -OCH3 is 1. The average Bonchev–Trinajstić information content (AvgIpc) is 2.86. The summed E-state index contributed by atoms with van der Waals surface area (Å²) < 4.78 is 10.1. The molecule has 0 aliphatic heterocycles. The lowest BCUT2D eigenvalue weighted by Gasteiger charge is -2.18. The van der Waals surface area contributed by atoms with Gasteiger partial charge in [-0.05, 0) is 42.0 Å². The van der Waals surface area contributed by atoms with Crippen molar-refractivity contribution in [3.05, 3.63) is 102 Å². The zero-order valence-electron chi connectivity index (χ0n) is 17.8. The van der Waals surface area contributed by atoms with Crippen LogP contribution in [-0.4, -0.2) is 37.4 Å². The SMILES string of the molecule is COc1ccc(C(=O)NC(=O)COC(=O)C(NC(=O)c2ccccc2)c2ccccc2)cc1. The average molecular weight is 446 g/mol. The third kappa shape index (κ3) is 6.51. The van der Waals surface area contributed by atoms with Crippen molar-refractivity contribution in [2.45, 2.75) is 6.04 Å². The minimum absolute atomic E-state index is 0.243. The fraction of sp³-hybridized carbons (Fsp3) is 0.120. The fourth-order valence-corrected chi connectivity index (χ4v) is 2.93. The van der Waals surface area contributed by atoms with E-state index in [9.17, 15) is 19.2 Å². The molecule has 8 nitrogen and oxygen atoms in total. The maximum atomic E-state index is 12.7. The van der Waals surface area contributed by atoms with Gasteiger partial charge in [-0.1, -0.05) is 48.5 Å². The molecule has 0 aliphatic rings. The summed E-state index contributed by atoms with van der Waals surface area (Å²) in [4.78, 5) is 49.6. The van der Waals surface area contributed by atoms with Gasteiger partial charge in [-0.15, -0.1) is 0 Å². The molecular weight excluding hydrogens is 424 g/mol. The van der Waals surface area contributed by atoms with Gasteiger partial charge in [-0.25, -0.2) is 4.79 Å². The number of rotatable bonds is 8. The Morgan fingerprint density at radius 3 is 1.94 bits per heavy atom. The summed E-state index contributed by atoms with van der Waals surface area (Å²) in [5.74, 6) is -2.18. The molecule has 3 amide bonds. The van der Waals surface area contributed by atoms with Gasteiger partial charge in [-0.2, -0.15) is 0 Å². The molecule has 0 fully saturated rings. The number of imide groups is 1. The topological polar surface area (TPSA) is 111 Å². The van der Waals surface area contributed by atoms with Crippen LogP contribution in [0.3, 0.4) is 0 Å². The number of nitrogens with one attached hydrogen (secondary N) is 2. The molecule has 33 heavy (non-hydrogen) atoms. The second kappa shape index (κ2) is 11.2. The van der Waals surface area contributed by atoms with Gasteiger partial charge < -0.3 is 14.8 Å². The van der Waals surface area contributed by atoms with Crippen LogP contribution in [0.2, 0.25) is 0 Å². The Balaban J connectivity index is 1.62. The van der Waals surface area contributed by atoms with Crippen LogP contribution in [0, 0.1) is 0 Å². The summed E-state index contributed by atoms with van der Waals surface area (Å²) in [5.41, 5.74) is 1.10. The highest BCUT2D eigenvalue weighted by atomic mass is 16.5. The van der Waals surface area contributed by atoms with Gasteiger partial charge in [0, 0.05) is 11.1 Å². The highest BCUT2D eigenvalue weighted by Gasteiger charge is 2.25. The molecule has 0 saturated heterocycles. The number of ether oxygens (including phenoxy) is 2. The van der Waals surface area contributed by atoms with Crippen LogP contribution in [0.5, 0.6) is 5.75 Å². The predicted octanol–water partition coefficient (Wildman–Crippen LogP) is 2.67. The molecule has 1 unspecified atom stereocenters. The molecule has 0 aliphatic carbocycles. The van der Waals surface area contributed by atoms with Crippen LogP contribution in [0.15, 0.2) is 84.9 Å². The molecule has 0 spiro atoms. The molecular formula is C25H22N2O6. The molecule has 168 valence electrons. The first-order chi connectivity index (χ1) is 16.0. The second-order valence-electron chi connectivity index (χ2n) is 6.90. The van der Waals surface area contributed by atoms with E-state index >= 15 is 0 Å². The van der Waals surface area contributed by atoms with Crippen LogP contribution < -0.4 is 15.4 Å². The van der Waals surface area contributed by atoms with Gasteiger partial charge in [0.25, 0.3) is 17.7 Å². The largest absolute Gasteiger partial charge is 0.497 e. The summed E-state index contributed by atoms with van der Waals surface area (Å²) >= 11 is 0. The number of benzene rings is 3. The summed E-state index contributed by atoms with van der Waals surface area (Å²) in [7, 11) is 1.50. The van der Waals surface area contributed by atoms with Crippen molar-refractivity contribution in [2.24, 2.45) is 0 Å². The van der Waals surface area contributed by atoms with E-state index < -0.39 is 36.3 Å². The first-order valence-corrected chi connectivity index (χ1v) is 10.0. The molecule has 1 atom stereocenters. The van der Waals surface area contributed by atoms with E-state index in [1.165, 1.54) is 19.2 Å². The van der Waals surface area contributed by atoms with E-state index in [0.717, 1.165) is 0 Å². The molecule has 0 saturated carbocycles. The highest BCUT2D eigenvalue weighted by molar-refractivity contribution is 6.05. The van der Waals surface area contributed by atoms with E-state index in [1.54, 1.807) is 72.8 Å². The lowest BCUT2D eigenvalue weighted by Crippen LogP contribution is -2.38. The molecule has 0 heterocycles. The van der Waals surface area contributed by atoms with Crippen molar-refractivity contribution >= 4 is 23.7 Å². The normalized spacial score (nSPS) is 11.1. The quantitative estimate of drug-likeness (QED) is 0.515. The Bertz CT molecular complexity index is 1110. The fourth-order valence-electron chi connectivity index (χ4n) is 2.93. The number of amides is 3. The van der Waals surface area contributed by atoms with Crippen molar-refractivity contribution in [3.8, 4) is 5.75 Å². The molecule has 0 bridgehead atoms. The van der Waals surface area contributed by atoms with Gasteiger partial charge in [0.15, 0.2) is 12.6 Å². The van der Waals surface area contributed by atoms with E-state index in [4.69, 9.17) is 9.47 Å². The van der Waals surface area contributed by atoms with Crippen LogP contribution in [0.25, 0.3) is 0 Å². The van der Waals surface area contributed by atoms with E-state index in [0.29, 0.717) is 16.9 Å². The molecule has 0 radical (unpaired) electrons. The summed E-state index contributed by atoms with van der Waals surface area (Å²) in [6.07, 6.45) is 0. The van der Waals surface area contributed by atoms with E-state index in [-0.39, 0.29) is 5.56 Å². The van der Waals surface area contributed by atoms with Crippen LogP contribution in [0.4, 0.5) is 0 Å². The van der Waals surface area contributed by atoms with Crippen LogP contribution >= 0.6 is 0 Å². The summed E-state index contributed by atoms with van der Waals surface area (Å²) in [5, 5.41) is 4.78. The number of hydrogen-bond acceptors (Lipinski definition) is 6. The third-order valence-electron chi connectivity index (χ3n) is 4.63. The maximum Gasteiger partial charge on any atom is 0.333 e. The molecule has 3 rings (SSSR count). The van der Waals surface area contributed by atoms with Crippen LogP contribution in [0.1, 0.15) is 32.3 Å².